The first kappa shape index (κ1) is 14.4. The molecule has 1 N–H and O–H groups in total. The van der Waals surface area contributed by atoms with Crippen LogP contribution in [-0.2, 0) is 0 Å². The summed E-state index contributed by atoms with van der Waals surface area (Å²) < 4.78 is 1.74. The lowest BCUT2D eigenvalue weighted by Crippen LogP contribution is -2.13. The number of nitrogens with one attached hydrogen (secondary N) is 1. The van der Waals surface area contributed by atoms with Crippen molar-refractivity contribution >= 4 is 23.2 Å². The molecule has 22 heavy (non-hydrogen) atoms. The van der Waals surface area contributed by atoms with E-state index in [1.807, 2.05) is 37.3 Å². The van der Waals surface area contributed by atoms with Crippen molar-refractivity contribution in [1.82, 2.24) is 9.78 Å². The van der Waals surface area contributed by atoms with E-state index in [1.54, 1.807) is 35.0 Å². The van der Waals surface area contributed by atoms with Crippen molar-refractivity contribution in [3.8, 4) is 5.69 Å². The van der Waals surface area contributed by atoms with Gasteiger partial charge >= 0.3 is 0 Å². The molecule has 110 valence electrons. The third-order valence-corrected chi connectivity index (χ3v) is 3.44. The molecule has 0 bridgehead atoms. The highest BCUT2D eigenvalue weighted by Gasteiger charge is 2.13. The second-order valence-electron chi connectivity index (χ2n) is 4.88. The van der Waals surface area contributed by atoms with Crippen LogP contribution >= 0.6 is 11.6 Å². The first-order chi connectivity index (χ1) is 10.6. The summed E-state index contributed by atoms with van der Waals surface area (Å²) in [5.74, 6) is -0.264. The highest BCUT2D eigenvalue weighted by Crippen LogP contribution is 2.17. The summed E-state index contributed by atoms with van der Waals surface area (Å²) in [6, 6.07) is 18.5. The summed E-state index contributed by atoms with van der Waals surface area (Å²) in [5, 5.41) is 7.73. The smallest absolute Gasteiger partial charge is 0.276 e. The number of nitrogens with zero attached hydrogens (tertiary/aromatic N) is 2. The van der Waals surface area contributed by atoms with Crippen molar-refractivity contribution in [2.24, 2.45) is 0 Å². The molecule has 0 unspecified atom stereocenters. The van der Waals surface area contributed by atoms with Crippen molar-refractivity contribution in [2.45, 2.75) is 6.92 Å². The number of amides is 1. The quantitative estimate of drug-likeness (QED) is 0.792. The topological polar surface area (TPSA) is 46.9 Å². The Hall–Kier alpha value is -2.59. The number of hydrogen-bond donors (Lipinski definition) is 1. The molecule has 2 aromatic carbocycles. The zero-order valence-corrected chi connectivity index (χ0v) is 12.7. The Morgan fingerprint density at radius 2 is 1.86 bits per heavy atom. The zero-order chi connectivity index (χ0) is 15.5. The number of rotatable bonds is 3. The summed E-state index contributed by atoms with van der Waals surface area (Å²) >= 11 is 5.91. The van der Waals surface area contributed by atoms with E-state index in [9.17, 15) is 4.79 Å². The second kappa shape index (κ2) is 6.03. The number of carbonyl (C=O) groups is 1. The molecule has 0 atom stereocenters. The molecule has 0 spiro atoms. The van der Waals surface area contributed by atoms with Crippen LogP contribution in [0, 0.1) is 6.92 Å². The van der Waals surface area contributed by atoms with E-state index >= 15 is 0 Å². The van der Waals surface area contributed by atoms with E-state index < -0.39 is 0 Å². The summed E-state index contributed by atoms with van der Waals surface area (Å²) in [7, 11) is 0. The van der Waals surface area contributed by atoms with E-state index in [0.29, 0.717) is 16.4 Å². The molecule has 0 fully saturated rings. The second-order valence-corrected chi connectivity index (χ2v) is 5.32. The van der Waals surface area contributed by atoms with Gasteiger partial charge in [0.2, 0.25) is 0 Å². The molecule has 0 aliphatic carbocycles. The minimum Gasteiger partial charge on any atom is -0.321 e. The summed E-state index contributed by atoms with van der Waals surface area (Å²) in [6.45, 7) is 1.91. The third kappa shape index (κ3) is 3.02. The molecular weight excluding hydrogens is 298 g/mol. The molecule has 3 aromatic rings. The van der Waals surface area contributed by atoms with Gasteiger partial charge in [-0.15, -0.1) is 0 Å². The lowest BCUT2D eigenvalue weighted by Gasteiger charge is -2.04. The highest BCUT2D eigenvalue weighted by molar-refractivity contribution is 6.30. The maximum atomic E-state index is 12.3. The Labute approximate surface area is 133 Å². The van der Waals surface area contributed by atoms with Crippen LogP contribution in [0.4, 0.5) is 5.69 Å². The monoisotopic (exact) mass is 311 g/mol. The first-order valence-corrected chi connectivity index (χ1v) is 7.20. The minimum atomic E-state index is -0.264. The standard InChI is InChI=1S/C17H14ClN3O/c1-12-10-16(20-21(12)15-8-3-2-4-9-15)17(22)19-14-7-5-6-13(18)11-14/h2-11H,1H3,(H,19,22). The van der Waals surface area contributed by atoms with Gasteiger partial charge in [0.1, 0.15) is 0 Å². The van der Waals surface area contributed by atoms with Crippen LogP contribution in [0.15, 0.2) is 60.7 Å². The number of benzene rings is 2. The minimum absolute atomic E-state index is 0.264. The largest absolute Gasteiger partial charge is 0.321 e. The third-order valence-electron chi connectivity index (χ3n) is 3.20. The molecule has 0 radical (unpaired) electrons. The van der Waals surface area contributed by atoms with Gasteiger partial charge in [0.15, 0.2) is 5.69 Å². The number of hydrogen-bond acceptors (Lipinski definition) is 2. The molecule has 0 aliphatic heterocycles. The van der Waals surface area contributed by atoms with Crippen LogP contribution in [0.25, 0.3) is 5.69 Å². The van der Waals surface area contributed by atoms with Gasteiger partial charge in [-0.05, 0) is 43.3 Å². The van der Waals surface area contributed by atoms with Crippen LogP contribution in [0.3, 0.4) is 0 Å². The van der Waals surface area contributed by atoms with E-state index in [-0.39, 0.29) is 5.91 Å². The van der Waals surface area contributed by atoms with Crippen molar-refractivity contribution in [3.63, 3.8) is 0 Å². The molecule has 0 saturated carbocycles. The van der Waals surface area contributed by atoms with Crippen LogP contribution in [-0.4, -0.2) is 15.7 Å². The van der Waals surface area contributed by atoms with Gasteiger partial charge in [-0.1, -0.05) is 35.9 Å². The molecular formula is C17H14ClN3O. The maximum absolute atomic E-state index is 12.3. The van der Waals surface area contributed by atoms with Crippen LogP contribution in [0.1, 0.15) is 16.2 Å². The Morgan fingerprint density at radius 3 is 2.59 bits per heavy atom. The van der Waals surface area contributed by atoms with E-state index in [1.165, 1.54) is 0 Å². The number of para-hydroxylation sites is 1. The van der Waals surface area contributed by atoms with Crippen molar-refractivity contribution in [1.29, 1.82) is 0 Å². The predicted octanol–water partition coefficient (Wildman–Crippen LogP) is 4.09. The van der Waals surface area contributed by atoms with E-state index in [4.69, 9.17) is 11.6 Å². The maximum Gasteiger partial charge on any atom is 0.276 e. The number of carbonyl (C=O) groups excluding carboxylic acids is 1. The summed E-state index contributed by atoms with van der Waals surface area (Å²) in [5.41, 5.74) is 2.81. The molecule has 0 saturated heterocycles. The molecule has 1 aromatic heterocycles. The number of anilines is 1. The predicted molar refractivity (Wildman–Crippen MR) is 87.7 cm³/mol. The number of aromatic nitrogens is 2. The van der Waals surface area contributed by atoms with Gasteiger partial charge < -0.3 is 5.32 Å². The fraction of sp³-hybridized carbons (Fsp3) is 0.0588. The molecule has 0 aliphatic rings. The van der Waals surface area contributed by atoms with Crippen LogP contribution in [0.2, 0.25) is 5.02 Å². The SMILES string of the molecule is Cc1cc(C(=O)Nc2cccc(Cl)c2)nn1-c1ccccc1. The van der Waals surface area contributed by atoms with Gasteiger partial charge in [-0.2, -0.15) is 5.10 Å². The Morgan fingerprint density at radius 1 is 1.09 bits per heavy atom. The fourth-order valence-electron chi connectivity index (χ4n) is 2.18. The molecule has 1 heterocycles. The van der Waals surface area contributed by atoms with E-state index in [0.717, 1.165) is 11.4 Å². The zero-order valence-electron chi connectivity index (χ0n) is 12.0. The molecule has 4 nitrogen and oxygen atoms in total. The highest BCUT2D eigenvalue weighted by atomic mass is 35.5. The number of halogens is 1. The lowest BCUT2D eigenvalue weighted by molar-refractivity contribution is 0.102. The average Bonchev–Trinajstić information content (AvgIpc) is 2.90. The van der Waals surface area contributed by atoms with Gasteiger partial charge in [0.25, 0.3) is 5.91 Å². The van der Waals surface area contributed by atoms with Crippen LogP contribution in [0.5, 0.6) is 0 Å². The van der Waals surface area contributed by atoms with Gasteiger partial charge in [0, 0.05) is 16.4 Å². The van der Waals surface area contributed by atoms with Gasteiger partial charge in [-0.25, -0.2) is 4.68 Å². The van der Waals surface area contributed by atoms with Gasteiger partial charge in [0.05, 0.1) is 5.69 Å². The van der Waals surface area contributed by atoms with Gasteiger partial charge in [-0.3, -0.25) is 4.79 Å². The Kier molecular flexibility index (Phi) is 3.94. The van der Waals surface area contributed by atoms with Crippen molar-refractivity contribution in [3.05, 3.63) is 77.1 Å². The Bertz CT molecular complexity index is 812. The average molecular weight is 312 g/mol. The number of aryl methyl sites for hydroxylation is 1. The Balaban J connectivity index is 1.85. The summed E-state index contributed by atoms with van der Waals surface area (Å²) in [6.07, 6.45) is 0. The van der Waals surface area contributed by atoms with Crippen molar-refractivity contribution < 1.29 is 4.79 Å². The molecule has 5 heteroatoms. The molecule has 1 amide bonds. The van der Waals surface area contributed by atoms with Crippen LogP contribution < -0.4 is 5.32 Å². The van der Waals surface area contributed by atoms with E-state index in [2.05, 4.69) is 10.4 Å². The first-order valence-electron chi connectivity index (χ1n) is 6.82. The normalized spacial score (nSPS) is 10.5. The fourth-order valence-corrected chi connectivity index (χ4v) is 2.37. The van der Waals surface area contributed by atoms with Crippen molar-refractivity contribution in [2.75, 3.05) is 5.32 Å². The summed E-state index contributed by atoms with van der Waals surface area (Å²) in [4.78, 5) is 12.3. The lowest BCUT2D eigenvalue weighted by atomic mass is 10.3. The molecule has 3 rings (SSSR count).